The summed E-state index contributed by atoms with van der Waals surface area (Å²) in [6, 6.07) is 7.81. The molecule has 4 rings (SSSR count). The van der Waals surface area contributed by atoms with Crippen molar-refractivity contribution in [3.8, 4) is 11.3 Å². The van der Waals surface area contributed by atoms with Gasteiger partial charge in [-0.25, -0.2) is 4.98 Å². The number of carbonyl (C=O) groups excluding carboxylic acids is 1. The number of carbonyl (C=O) groups is 1. The van der Waals surface area contributed by atoms with Crippen molar-refractivity contribution in [1.29, 1.82) is 0 Å². The minimum Gasteiger partial charge on any atom is -0.441 e. The normalized spacial score (nSPS) is 25.0. The first-order valence-electron chi connectivity index (χ1n) is 10.9. The molecule has 2 saturated heterocycles. The van der Waals surface area contributed by atoms with Gasteiger partial charge in [0.25, 0.3) is 0 Å². The van der Waals surface area contributed by atoms with E-state index in [1.54, 1.807) is 6.20 Å². The van der Waals surface area contributed by atoms with Gasteiger partial charge >= 0.3 is 0 Å². The molecule has 1 aromatic heterocycles. The molecule has 0 N–H and O–H groups in total. The second kappa shape index (κ2) is 9.50. The van der Waals surface area contributed by atoms with Crippen molar-refractivity contribution in [2.24, 2.45) is 0 Å². The van der Waals surface area contributed by atoms with E-state index >= 15 is 0 Å². The molecular weight excluding hydrogens is 402 g/mol. The van der Waals surface area contributed by atoms with Crippen molar-refractivity contribution in [3.63, 3.8) is 0 Å². The van der Waals surface area contributed by atoms with Gasteiger partial charge in [0.2, 0.25) is 5.91 Å². The Labute approximate surface area is 183 Å². The number of hydrogen-bond acceptors (Lipinski definition) is 5. The first-order chi connectivity index (χ1) is 14.5. The Balaban J connectivity index is 1.32. The maximum Gasteiger partial charge on any atom is 0.223 e. The Morgan fingerprint density at radius 1 is 1.23 bits per heavy atom. The Kier molecular flexibility index (Phi) is 6.76. The molecule has 0 spiro atoms. The molecule has 3 unspecified atom stereocenters. The topological polar surface area (TPSA) is 58.8 Å². The molecule has 7 heteroatoms. The van der Waals surface area contributed by atoms with Crippen LogP contribution in [0.15, 0.2) is 34.9 Å². The third-order valence-corrected chi connectivity index (χ3v) is 6.24. The van der Waals surface area contributed by atoms with Crippen LogP contribution in [0.1, 0.15) is 39.0 Å². The molecule has 30 heavy (non-hydrogen) atoms. The van der Waals surface area contributed by atoms with Gasteiger partial charge in [-0.2, -0.15) is 0 Å². The van der Waals surface area contributed by atoms with Gasteiger partial charge in [0, 0.05) is 50.6 Å². The Hall–Kier alpha value is -1.89. The molecular formula is C23H30ClN3O3. The second-order valence-corrected chi connectivity index (χ2v) is 8.86. The molecule has 0 radical (unpaired) electrons. The molecule has 3 atom stereocenters. The molecule has 2 aliphatic rings. The number of benzene rings is 1. The largest absolute Gasteiger partial charge is 0.441 e. The molecule has 6 nitrogen and oxygen atoms in total. The number of nitrogens with zero attached hydrogens (tertiary/aromatic N) is 3. The van der Waals surface area contributed by atoms with E-state index in [0.29, 0.717) is 35.6 Å². The van der Waals surface area contributed by atoms with Gasteiger partial charge < -0.3 is 14.1 Å². The van der Waals surface area contributed by atoms with Crippen LogP contribution in [0.5, 0.6) is 0 Å². The molecule has 0 aliphatic carbocycles. The van der Waals surface area contributed by atoms with Crippen molar-refractivity contribution in [2.75, 3.05) is 26.2 Å². The number of aryl methyl sites for hydroxylation is 1. The number of rotatable bonds is 6. The van der Waals surface area contributed by atoms with Crippen LogP contribution < -0.4 is 0 Å². The van der Waals surface area contributed by atoms with Crippen LogP contribution in [0.25, 0.3) is 11.3 Å². The standard InChI is InChI=1S/C23H30ClN3O3/c1-16-13-26(14-17(2)29-16)15-18-6-5-11-27(18)23(28)10-9-22-25-12-21(30-22)19-7-3-4-8-20(19)24/h3-4,7-8,12,16-18H,5-6,9-11,13-15H2,1-2H3. The lowest BCUT2D eigenvalue weighted by Gasteiger charge is -2.38. The molecule has 3 heterocycles. The van der Waals surface area contributed by atoms with Crippen molar-refractivity contribution >= 4 is 17.5 Å². The van der Waals surface area contributed by atoms with E-state index in [2.05, 4.69) is 28.6 Å². The van der Waals surface area contributed by atoms with Crippen LogP contribution in [0.3, 0.4) is 0 Å². The second-order valence-electron chi connectivity index (χ2n) is 8.46. The Bertz CT molecular complexity index is 861. The summed E-state index contributed by atoms with van der Waals surface area (Å²) in [5, 5.41) is 0.628. The van der Waals surface area contributed by atoms with E-state index in [-0.39, 0.29) is 18.1 Å². The molecule has 1 aromatic carbocycles. The van der Waals surface area contributed by atoms with Crippen LogP contribution in [0, 0.1) is 0 Å². The molecule has 0 saturated carbocycles. The van der Waals surface area contributed by atoms with Gasteiger partial charge in [0.15, 0.2) is 11.7 Å². The van der Waals surface area contributed by atoms with Gasteiger partial charge in [0.1, 0.15) is 0 Å². The van der Waals surface area contributed by atoms with E-state index in [0.717, 1.165) is 44.6 Å². The van der Waals surface area contributed by atoms with Gasteiger partial charge in [-0.1, -0.05) is 23.7 Å². The van der Waals surface area contributed by atoms with E-state index in [1.165, 1.54) is 0 Å². The number of oxazole rings is 1. The molecule has 162 valence electrons. The van der Waals surface area contributed by atoms with Crippen LogP contribution in [-0.2, 0) is 16.0 Å². The smallest absolute Gasteiger partial charge is 0.223 e. The quantitative estimate of drug-likeness (QED) is 0.691. The fourth-order valence-corrected chi connectivity index (χ4v) is 4.88. The molecule has 1 amide bonds. The zero-order valence-corrected chi connectivity index (χ0v) is 18.5. The predicted molar refractivity (Wildman–Crippen MR) is 116 cm³/mol. The summed E-state index contributed by atoms with van der Waals surface area (Å²) in [6.45, 7) is 7.88. The Morgan fingerprint density at radius 3 is 2.77 bits per heavy atom. The van der Waals surface area contributed by atoms with Crippen molar-refractivity contribution in [3.05, 3.63) is 41.4 Å². The summed E-state index contributed by atoms with van der Waals surface area (Å²) in [7, 11) is 0. The van der Waals surface area contributed by atoms with Crippen molar-refractivity contribution < 1.29 is 13.9 Å². The molecule has 2 aromatic rings. The highest BCUT2D eigenvalue weighted by Crippen LogP contribution is 2.28. The maximum atomic E-state index is 12.9. The molecule has 0 bridgehead atoms. The van der Waals surface area contributed by atoms with Gasteiger partial charge in [0.05, 0.1) is 23.4 Å². The highest BCUT2D eigenvalue weighted by molar-refractivity contribution is 6.33. The van der Waals surface area contributed by atoms with Crippen LogP contribution in [0.4, 0.5) is 0 Å². The Morgan fingerprint density at radius 2 is 2.00 bits per heavy atom. The fourth-order valence-electron chi connectivity index (χ4n) is 4.65. The zero-order valence-electron chi connectivity index (χ0n) is 17.7. The zero-order chi connectivity index (χ0) is 21.1. The fraction of sp³-hybridized carbons (Fsp3) is 0.565. The minimum atomic E-state index is 0.185. The monoisotopic (exact) mass is 431 g/mol. The van der Waals surface area contributed by atoms with E-state index in [1.807, 2.05) is 24.3 Å². The molecule has 2 fully saturated rings. The van der Waals surface area contributed by atoms with Gasteiger partial charge in [-0.3, -0.25) is 9.69 Å². The lowest BCUT2D eigenvalue weighted by molar-refractivity contribution is -0.133. The maximum absolute atomic E-state index is 12.9. The first-order valence-corrected chi connectivity index (χ1v) is 11.2. The predicted octanol–water partition coefficient (Wildman–Crippen LogP) is 4.03. The number of ether oxygens (including phenoxy) is 1. The number of hydrogen-bond donors (Lipinski definition) is 0. The number of morpholine rings is 1. The minimum absolute atomic E-state index is 0.185. The summed E-state index contributed by atoms with van der Waals surface area (Å²) in [5.74, 6) is 1.40. The average Bonchev–Trinajstić information content (AvgIpc) is 3.35. The highest BCUT2D eigenvalue weighted by atomic mass is 35.5. The summed E-state index contributed by atoms with van der Waals surface area (Å²) >= 11 is 6.24. The third-order valence-electron chi connectivity index (χ3n) is 5.91. The average molecular weight is 432 g/mol. The van der Waals surface area contributed by atoms with Crippen molar-refractivity contribution in [1.82, 2.24) is 14.8 Å². The number of halogens is 1. The van der Waals surface area contributed by atoms with Gasteiger partial charge in [-0.15, -0.1) is 0 Å². The first kappa shape index (κ1) is 21.3. The summed E-state index contributed by atoms with van der Waals surface area (Å²) in [4.78, 5) is 21.8. The molecule has 2 aliphatic heterocycles. The lowest BCUT2D eigenvalue weighted by atomic mass is 10.1. The number of aromatic nitrogens is 1. The number of likely N-dealkylation sites (tertiary alicyclic amines) is 1. The SMILES string of the molecule is CC1CN(CC2CCCN2C(=O)CCc2ncc(-c3ccccc3Cl)o2)CC(C)O1. The van der Waals surface area contributed by atoms with Gasteiger partial charge in [-0.05, 0) is 38.8 Å². The summed E-state index contributed by atoms with van der Waals surface area (Å²) in [5.41, 5.74) is 0.817. The van der Waals surface area contributed by atoms with E-state index < -0.39 is 0 Å². The third kappa shape index (κ3) is 5.05. The summed E-state index contributed by atoms with van der Waals surface area (Å²) < 4.78 is 11.7. The van der Waals surface area contributed by atoms with Crippen LogP contribution in [-0.4, -0.2) is 65.1 Å². The summed E-state index contributed by atoms with van der Waals surface area (Å²) in [6.07, 6.45) is 5.23. The van der Waals surface area contributed by atoms with Crippen LogP contribution >= 0.6 is 11.6 Å². The van der Waals surface area contributed by atoms with Crippen molar-refractivity contribution in [2.45, 2.75) is 57.8 Å². The van der Waals surface area contributed by atoms with E-state index in [9.17, 15) is 4.79 Å². The lowest BCUT2D eigenvalue weighted by Crippen LogP contribution is -2.50. The van der Waals surface area contributed by atoms with Crippen LogP contribution in [0.2, 0.25) is 5.02 Å². The highest BCUT2D eigenvalue weighted by Gasteiger charge is 2.32. The number of amides is 1. The van der Waals surface area contributed by atoms with E-state index in [4.69, 9.17) is 20.8 Å².